The third-order valence-electron chi connectivity index (χ3n) is 4.70. The van der Waals surface area contributed by atoms with Gasteiger partial charge in [-0.25, -0.2) is 0 Å². The number of hydrogen-bond acceptors (Lipinski definition) is 5. The fourth-order valence-corrected chi connectivity index (χ4v) is 3.42. The number of carbonyl (C=O) groups excluding carboxylic acids is 2. The second-order valence-corrected chi connectivity index (χ2v) is 5.86. The van der Waals surface area contributed by atoms with E-state index in [0.29, 0.717) is 24.3 Å². The Morgan fingerprint density at radius 3 is 2.86 bits per heavy atom. The van der Waals surface area contributed by atoms with Crippen molar-refractivity contribution in [1.29, 1.82) is 0 Å². The lowest BCUT2D eigenvalue weighted by Gasteiger charge is -2.36. The van der Waals surface area contributed by atoms with E-state index in [1.807, 2.05) is 18.2 Å². The number of ketones is 1. The molecule has 1 aliphatic heterocycles. The number of hydrogen-bond donors (Lipinski definition) is 0. The minimum absolute atomic E-state index is 0.210. The zero-order chi connectivity index (χ0) is 15.6. The molecule has 0 N–H and O–H groups in total. The van der Waals surface area contributed by atoms with Crippen LogP contribution in [0.4, 0.5) is 0 Å². The average molecular weight is 304 g/mol. The summed E-state index contributed by atoms with van der Waals surface area (Å²) >= 11 is 0. The van der Waals surface area contributed by atoms with Gasteiger partial charge in [0.05, 0.1) is 12.5 Å². The van der Waals surface area contributed by atoms with Crippen LogP contribution in [0.15, 0.2) is 18.2 Å². The fraction of sp³-hybridized carbons (Fsp3) is 0.529. The SMILES string of the molecule is COC(=O)CCC1(c2ccc3c(c2)OCO3)CCCCC1=O. The molecule has 1 aromatic rings. The van der Waals surface area contributed by atoms with Crippen LogP contribution in [0.2, 0.25) is 0 Å². The van der Waals surface area contributed by atoms with Crippen LogP contribution in [-0.2, 0) is 19.7 Å². The topological polar surface area (TPSA) is 61.8 Å². The van der Waals surface area contributed by atoms with Crippen molar-refractivity contribution in [2.24, 2.45) is 0 Å². The first-order valence-corrected chi connectivity index (χ1v) is 7.66. The van der Waals surface area contributed by atoms with Crippen molar-refractivity contribution in [2.75, 3.05) is 13.9 Å². The van der Waals surface area contributed by atoms with Crippen molar-refractivity contribution < 1.29 is 23.8 Å². The van der Waals surface area contributed by atoms with Gasteiger partial charge in [-0.1, -0.05) is 12.5 Å². The van der Waals surface area contributed by atoms with Gasteiger partial charge in [-0.2, -0.15) is 0 Å². The van der Waals surface area contributed by atoms with Crippen molar-refractivity contribution in [1.82, 2.24) is 0 Å². The molecule has 0 spiro atoms. The predicted octanol–water partition coefficient (Wildman–Crippen LogP) is 2.75. The highest BCUT2D eigenvalue weighted by Gasteiger charge is 2.42. The lowest BCUT2D eigenvalue weighted by Crippen LogP contribution is -2.39. The lowest BCUT2D eigenvalue weighted by atomic mass is 9.66. The third kappa shape index (κ3) is 2.56. The number of esters is 1. The van der Waals surface area contributed by atoms with Crippen LogP contribution in [0.1, 0.15) is 44.1 Å². The minimum atomic E-state index is -0.604. The Morgan fingerprint density at radius 2 is 2.09 bits per heavy atom. The number of fused-ring (bicyclic) bond motifs is 1. The molecule has 1 unspecified atom stereocenters. The van der Waals surface area contributed by atoms with Crippen LogP contribution in [0.5, 0.6) is 11.5 Å². The molecule has 1 heterocycles. The first-order valence-electron chi connectivity index (χ1n) is 7.66. The number of ether oxygens (including phenoxy) is 3. The van der Waals surface area contributed by atoms with Gasteiger partial charge in [0.25, 0.3) is 0 Å². The summed E-state index contributed by atoms with van der Waals surface area (Å²) in [6.45, 7) is 0.210. The van der Waals surface area contributed by atoms with E-state index in [1.165, 1.54) is 7.11 Å². The molecule has 3 rings (SSSR count). The molecule has 1 fully saturated rings. The molecule has 1 aliphatic carbocycles. The van der Waals surface area contributed by atoms with E-state index in [9.17, 15) is 9.59 Å². The second kappa shape index (κ2) is 5.99. The molecule has 0 radical (unpaired) electrons. The van der Waals surface area contributed by atoms with Gasteiger partial charge < -0.3 is 14.2 Å². The molecule has 2 aliphatic rings. The number of carbonyl (C=O) groups is 2. The molecular formula is C17H20O5. The van der Waals surface area contributed by atoms with Gasteiger partial charge in [-0.15, -0.1) is 0 Å². The van der Waals surface area contributed by atoms with Crippen molar-refractivity contribution in [3.05, 3.63) is 23.8 Å². The van der Waals surface area contributed by atoms with E-state index >= 15 is 0 Å². The average Bonchev–Trinajstić information content (AvgIpc) is 3.01. The van der Waals surface area contributed by atoms with Gasteiger partial charge in [-0.3, -0.25) is 9.59 Å². The van der Waals surface area contributed by atoms with E-state index in [4.69, 9.17) is 14.2 Å². The number of methoxy groups -OCH3 is 1. The van der Waals surface area contributed by atoms with Crippen LogP contribution < -0.4 is 9.47 Å². The van der Waals surface area contributed by atoms with Crippen LogP contribution in [-0.4, -0.2) is 25.7 Å². The molecule has 0 amide bonds. The highest BCUT2D eigenvalue weighted by atomic mass is 16.7. The maximum absolute atomic E-state index is 12.7. The largest absolute Gasteiger partial charge is 0.469 e. The Labute approximate surface area is 129 Å². The molecule has 118 valence electrons. The summed E-state index contributed by atoms with van der Waals surface area (Å²) in [6, 6.07) is 5.66. The Balaban J connectivity index is 1.94. The zero-order valence-corrected chi connectivity index (χ0v) is 12.7. The van der Waals surface area contributed by atoms with Crippen LogP contribution >= 0.6 is 0 Å². The Bertz CT molecular complexity index is 595. The van der Waals surface area contributed by atoms with Gasteiger partial charge in [0.2, 0.25) is 6.79 Å². The predicted molar refractivity (Wildman–Crippen MR) is 79.0 cm³/mol. The summed E-state index contributed by atoms with van der Waals surface area (Å²) in [6.07, 6.45) is 3.97. The Kier molecular flexibility index (Phi) is 4.05. The maximum atomic E-state index is 12.7. The van der Waals surface area contributed by atoms with Gasteiger partial charge in [-0.05, 0) is 37.0 Å². The monoisotopic (exact) mass is 304 g/mol. The zero-order valence-electron chi connectivity index (χ0n) is 12.7. The lowest BCUT2D eigenvalue weighted by molar-refractivity contribution is -0.141. The summed E-state index contributed by atoms with van der Waals surface area (Å²) in [4.78, 5) is 24.2. The second-order valence-electron chi connectivity index (χ2n) is 5.86. The molecule has 1 saturated carbocycles. The molecule has 22 heavy (non-hydrogen) atoms. The molecule has 0 bridgehead atoms. The van der Waals surface area contributed by atoms with E-state index < -0.39 is 5.41 Å². The Hall–Kier alpha value is -2.04. The van der Waals surface area contributed by atoms with E-state index in [1.54, 1.807) is 0 Å². The quantitative estimate of drug-likeness (QED) is 0.800. The molecule has 1 atom stereocenters. The summed E-state index contributed by atoms with van der Waals surface area (Å²) in [5.74, 6) is 1.31. The fourth-order valence-electron chi connectivity index (χ4n) is 3.42. The maximum Gasteiger partial charge on any atom is 0.305 e. The van der Waals surface area contributed by atoms with E-state index in [-0.39, 0.29) is 25.0 Å². The molecule has 0 aromatic heterocycles. The summed E-state index contributed by atoms with van der Waals surface area (Å²) in [5, 5.41) is 0. The van der Waals surface area contributed by atoms with Crippen molar-refractivity contribution >= 4 is 11.8 Å². The highest BCUT2D eigenvalue weighted by molar-refractivity contribution is 5.91. The highest BCUT2D eigenvalue weighted by Crippen LogP contribution is 2.44. The minimum Gasteiger partial charge on any atom is -0.469 e. The van der Waals surface area contributed by atoms with Crippen molar-refractivity contribution in [3.8, 4) is 11.5 Å². The smallest absolute Gasteiger partial charge is 0.305 e. The summed E-state index contributed by atoms with van der Waals surface area (Å²) in [5.41, 5.74) is 0.318. The van der Waals surface area contributed by atoms with Gasteiger partial charge >= 0.3 is 5.97 Å². The van der Waals surface area contributed by atoms with Crippen LogP contribution in [0, 0.1) is 0 Å². The first-order chi connectivity index (χ1) is 10.7. The number of rotatable bonds is 4. The molecule has 0 saturated heterocycles. The summed E-state index contributed by atoms with van der Waals surface area (Å²) < 4.78 is 15.5. The van der Waals surface area contributed by atoms with Gasteiger partial charge in [0.1, 0.15) is 5.78 Å². The Morgan fingerprint density at radius 1 is 1.27 bits per heavy atom. The molecule has 5 heteroatoms. The first kappa shape index (κ1) is 14.9. The van der Waals surface area contributed by atoms with Gasteiger partial charge in [0.15, 0.2) is 11.5 Å². The van der Waals surface area contributed by atoms with Crippen molar-refractivity contribution in [3.63, 3.8) is 0 Å². The van der Waals surface area contributed by atoms with Crippen molar-refractivity contribution in [2.45, 2.75) is 43.9 Å². The number of Topliss-reactive ketones (excluding diaryl/α,β-unsaturated/α-hetero) is 1. The molecule has 5 nitrogen and oxygen atoms in total. The van der Waals surface area contributed by atoms with Crippen LogP contribution in [0.3, 0.4) is 0 Å². The standard InChI is InChI=1S/C17H20O5/c1-20-16(19)7-9-17(8-3-2-4-15(17)18)12-5-6-13-14(10-12)22-11-21-13/h5-6,10H,2-4,7-9,11H2,1H3. The normalized spacial score (nSPS) is 23.4. The van der Waals surface area contributed by atoms with Crippen LogP contribution in [0.25, 0.3) is 0 Å². The molecular weight excluding hydrogens is 284 g/mol. The number of benzene rings is 1. The van der Waals surface area contributed by atoms with E-state index in [2.05, 4.69) is 0 Å². The summed E-state index contributed by atoms with van der Waals surface area (Å²) in [7, 11) is 1.37. The van der Waals surface area contributed by atoms with E-state index in [0.717, 1.165) is 24.8 Å². The molecule has 1 aromatic carbocycles. The van der Waals surface area contributed by atoms with Gasteiger partial charge in [0, 0.05) is 12.8 Å². The third-order valence-corrected chi connectivity index (χ3v) is 4.70.